The highest BCUT2D eigenvalue weighted by Gasteiger charge is 2.27. The molecule has 1 heterocycles. The van der Waals surface area contributed by atoms with Gasteiger partial charge in [-0.1, -0.05) is 18.2 Å². The molecule has 1 aliphatic heterocycles. The number of carbonyl (C=O) groups is 2. The Hall–Kier alpha value is -2.91. The van der Waals surface area contributed by atoms with Crippen molar-refractivity contribution in [2.24, 2.45) is 11.7 Å². The fraction of sp³-hybridized carbons (Fsp3) is 0.391. The monoisotopic (exact) mass is 459 g/mol. The van der Waals surface area contributed by atoms with Gasteiger partial charge in [-0.15, -0.1) is 0 Å². The molecule has 1 aliphatic rings. The Labute approximate surface area is 189 Å². The molecule has 8 nitrogen and oxygen atoms in total. The van der Waals surface area contributed by atoms with Gasteiger partial charge in [-0.25, -0.2) is 8.42 Å². The zero-order valence-corrected chi connectivity index (χ0v) is 19.2. The van der Waals surface area contributed by atoms with Crippen LogP contribution >= 0.6 is 0 Å². The maximum atomic E-state index is 13.0. The highest BCUT2D eigenvalue weighted by Crippen LogP contribution is 2.26. The molecule has 0 saturated carbocycles. The zero-order chi connectivity index (χ0) is 23.3. The number of primary amides is 1. The molecular weight excluding hydrogens is 430 g/mol. The summed E-state index contributed by atoms with van der Waals surface area (Å²) in [5.74, 6) is -0.160. The molecule has 172 valence electrons. The summed E-state index contributed by atoms with van der Waals surface area (Å²) in [6, 6.07) is 13.3. The van der Waals surface area contributed by atoms with Crippen LogP contribution in [0, 0.1) is 5.92 Å². The van der Waals surface area contributed by atoms with E-state index < -0.39 is 10.0 Å². The number of carbonyl (C=O) groups excluding carboxylic acids is 2. The number of benzene rings is 2. The molecule has 0 bridgehead atoms. The van der Waals surface area contributed by atoms with Crippen LogP contribution < -0.4 is 10.5 Å². The Morgan fingerprint density at radius 1 is 1.12 bits per heavy atom. The van der Waals surface area contributed by atoms with Crippen LogP contribution in [-0.2, 0) is 21.4 Å². The van der Waals surface area contributed by atoms with Gasteiger partial charge in [-0.3, -0.25) is 9.59 Å². The van der Waals surface area contributed by atoms with Crippen molar-refractivity contribution in [2.45, 2.75) is 31.2 Å². The van der Waals surface area contributed by atoms with Crippen molar-refractivity contribution in [3.63, 3.8) is 0 Å². The molecule has 0 atom stereocenters. The molecule has 1 saturated heterocycles. The lowest BCUT2D eigenvalue weighted by molar-refractivity contribution is -0.123. The van der Waals surface area contributed by atoms with Gasteiger partial charge in [-0.05, 0) is 50.1 Å². The number of rotatable bonds is 8. The van der Waals surface area contributed by atoms with Crippen molar-refractivity contribution in [2.75, 3.05) is 26.7 Å². The fourth-order valence-corrected chi connectivity index (χ4v) is 4.95. The van der Waals surface area contributed by atoms with E-state index in [0.717, 1.165) is 0 Å². The molecule has 2 amide bonds. The third-order valence-electron chi connectivity index (χ3n) is 5.64. The fourth-order valence-electron chi connectivity index (χ4n) is 3.78. The van der Waals surface area contributed by atoms with E-state index in [0.29, 0.717) is 49.4 Å². The quantitative estimate of drug-likeness (QED) is 0.651. The first kappa shape index (κ1) is 23.7. The molecule has 0 unspecified atom stereocenters. The Morgan fingerprint density at radius 3 is 2.38 bits per heavy atom. The first-order valence-electron chi connectivity index (χ1n) is 10.6. The molecule has 2 aromatic rings. The Kier molecular flexibility index (Phi) is 7.52. The molecule has 2 N–H and O–H groups in total. The lowest BCUT2D eigenvalue weighted by atomic mass is 9.95. The molecule has 0 aliphatic carbocycles. The van der Waals surface area contributed by atoms with E-state index in [2.05, 4.69) is 0 Å². The second-order valence-electron chi connectivity index (χ2n) is 7.80. The average Bonchev–Trinajstić information content (AvgIpc) is 2.80. The molecule has 0 aromatic heterocycles. The molecule has 9 heteroatoms. The molecule has 3 rings (SSSR count). The van der Waals surface area contributed by atoms with Gasteiger partial charge >= 0.3 is 0 Å². The maximum Gasteiger partial charge on any atom is 0.253 e. The first-order valence-corrected chi connectivity index (χ1v) is 12.0. The molecule has 2 aromatic carbocycles. The third-order valence-corrected chi connectivity index (χ3v) is 7.45. The second kappa shape index (κ2) is 10.1. The van der Waals surface area contributed by atoms with Gasteiger partial charge in [0, 0.05) is 43.7 Å². The molecule has 1 fully saturated rings. The summed E-state index contributed by atoms with van der Waals surface area (Å²) in [5, 5.41) is 0. The van der Waals surface area contributed by atoms with E-state index in [1.54, 1.807) is 53.4 Å². The van der Waals surface area contributed by atoms with Crippen LogP contribution in [0.15, 0.2) is 53.4 Å². The molecule has 0 spiro atoms. The predicted molar refractivity (Wildman–Crippen MR) is 121 cm³/mol. The lowest BCUT2D eigenvalue weighted by Gasteiger charge is -2.30. The Bertz CT molecular complexity index is 1060. The minimum Gasteiger partial charge on any atom is -0.494 e. The number of nitrogens with two attached hydrogens (primary N) is 1. The van der Waals surface area contributed by atoms with Crippen LogP contribution in [0.1, 0.15) is 35.7 Å². The number of hydrogen-bond donors (Lipinski definition) is 1. The van der Waals surface area contributed by atoms with Gasteiger partial charge in [0.15, 0.2) is 0 Å². The summed E-state index contributed by atoms with van der Waals surface area (Å²) >= 11 is 0. The van der Waals surface area contributed by atoms with E-state index in [-0.39, 0.29) is 29.2 Å². The number of likely N-dealkylation sites (tertiary alicyclic amines) is 1. The van der Waals surface area contributed by atoms with E-state index in [1.807, 2.05) is 6.92 Å². The number of sulfonamides is 1. The van der Waals surface area contributed by atoms with Gasteiger partial charge in [0.05, 0.1) is 11.5 Å². The van der Waals surface area contributed by atoms with Gasteiger partial charge < -0.3 is 15.4 Å². The highest BCUT2D eigenvalue weighted by atomic mass is 32.2. The Morgan fingerprint density at radius 2 is 1.78 bits per heavy atom. The summed E-state index contributed by atoms with van der Waals surface area (Å²) in [6.45, 7) is 3.22. The summed E-state index contributed by atoms with van der Waals surface area (Å²) in [6.07, 6.45) is 1.09. The van der Waals surface area contributed by atoms with Crippen molar-refractivity contribution in [1.82, 2.24) is 9.21 Å². The topological polar surface area (TPSA) is 110 Å². The molecular formula is C23H29N3O5S. The van der Waals surface area contributed by atoms with Gasteiger partial charge in [0.2, 0.25) is 15.9 Å². The van der Waals surface area contributed by atoms with E-state index >= 15 is 0 Å². The van der Waals surface area contributed by atoms with Crippen LogP contribution in [0.25, 0.3) is 0 Å². The van der Waals surface area contributed by atoms with Crippen molar-refractivity contribution in [3.05, 3.63) is 59.7 Å². The SMILES string of the molecule is CCOc1ccc(C(=O)N2CCC(C(N)=O)CC2)cc1CN(C)S(=O)(=O)c1ccccc1. The second-order valence-corrected chi connectivity index (χ2v) is 9.84. The standard InChI is InChI=1S/C23H29N3O5S/c1-3-31-21-10-9-18(23(28)26-13-11-17(12-14-26)22(24)27)15-19(21)16-25(2)32(29,30)20-7-5-4-6-8-20/h4-10,15,17H,3,11-14,16H2,1-2H3,(H2,24,27). The summed E-state index contributed by atoms with van der Waals surface area (Å²) in [7, 11) is -2.20. The van der Waals surface area contributed by atoms with Crippen molar-refractivity contribution < 1.29 is 22.7 Å². The van der Waals surface area contributed by atoms with Crippen LogP contribution in [-0.4, -0.2) is 56.2 Å². The van der Waals surface area contributed by atoms with E-state index in [4.69, 9.17) is 10.5 Å². The number of amides is 2. The summed E-state index contributed by atoms with van der Waals surface area (Å²) in [5.41, 5.74) is 6.43. The van der Waals surface area contributed by atoms with E-state index in [1.165, 1.54) is 11.4 Å². The summed E-state index contributed by atoms with van der Waals surface area (Å²) < 4.78 is 32.8. The van der Waals surface area contributed by atoms with Crippen molar-refractivity contribution in [3.8, 4) is 5.75 Å². The molecule has 32 heavy (non-hydrogen) atoms. The van der Waals surface area contributed by atoms with Crippen LogP contribution in [0.4, 0.5) is 0 Å². The minimum absolute atomic E-state index is 0.0530. The average molecular weight is 460 g/mol. The van der Waals surface area contributed by atoms with Crippen LogP contribution in [0.3, 0.4) is 0 Å². The molecule has 0 radical (unpaired) electrons. The summed E-state index contributed by atoms with van der Waals surface area (Å²) in [4.78, 5) is 26.3. The van der Waals surface area contributed by atoms with Crippen molar-refractivity contribution >= 4 is 21.8 Å². The van der Waals surface area contributed by atoms with E-state index in [9.17, 15) is 18.0 Å². The first-order chi connectivity index (χ1) is 15.2. The Balaban J connectivity index is 1.82. The normalized spacial score (nSPS) is 15.0. The zero-order valence-electron chi connectivity index (χ0n) is 18.4. The van der Waals surface area contributed by atoms with Gasteiger partial charge in [-0.2, -0.15) is 4.31 Å². The third kappa shape index (κ3) is 5.28. The number of nitrogens with zero attached hydrogens (tertiary/aromatic N) is 2. The maximum absolute atomic E-state index is 13.0. The number of hydrogen-bond acceptors (Lipinski definition) is 5. The lowest BCUT2D eigenvalue weighted by Crippen LogP contribution is -2.41. The predicted octanol–water partition coefficient (Wildman–Crippen LogP) is 2.24. The highest BCUT2D eigenvalue weighted by molar-refractivity contribution is 7.89. The van der Waals surface area contributed by atoms with Crippen LogP contribution in [0.2, 0.25) is 0 Å². The number of piperidine rings is 1. The largest absolute Gasteiger partial charge is 0.494 e. The smallest absolute Gasteiger partial charge is 0.253 e. The van der Waals surface area contributed by atoms with Gasteiger partial charge in [0.25, 0.3) is 5.91 Å². The van der Waals surface area contributed by atoms with Gasteiger partial charge in [0.1, 0.15) is 5.75 Å². The van der Waals surface area contributed by atoms with Crippen molar-refractivity contribution in [1.29, 1.82) is 0 Å². The minimum atomic E-state index is -3.70. The van der Waals surface area contributed by atoms with Crippen LogP contribution in [0.5, 0.6) is 5.75 Å². The number of ether oxygens (including phenoxy) is 1.